The van der Waals surface area contributed by atoms with Crippen LogP contribution in [0.4, 0.5) is 5.69 Å². The van der Waals surface area contributed by atoms with E-state index in [-0.39, 0.29) is 5.91 Å². The summed E-state index contributed by atoms with van der Waals surface area (Å²) < 4.78 is 7.37. The number of aromatic nitrogens is 2. The molecule has 3 rings (SSSR count). The van der Waals surface area contributed by atoms with Crippen molar-refractivity contribution in [1.82, 2.24) is 20.0 Å². The van der Waals surface area contributed by atoms with Gasteiger partial charge in [-0.1, -0.05) is 0 Å². The van der Waals surface area contributed by atoms with Crippen molar-refractivity contribution >= 4 is 17.6 Å². The Labute approximate surface area is 155 Å². The highest BCUT2D eigenvalue weighted by molar-refractivity contribution is 5.98. The summed E-state index contributed by atoms with van der Waals surface area (Å²) in [7, 11) is 1.86. The summed E-state index contributed by atoms with van der Waals surface area (Å²) >= 11 is 0. The van der Waals surface area contributed by atoms with Gasteiger partial charge in [-0.05, 0) is 32.1 Å². The minimum absolute atomic E-state index is 0.0719. The van der Waals surface area contributed by atoms with Gasteiger partial charge in [-0.25, -0.2) is 0 Å². The van der Waals surface area contributed by atoms with Crippen molar-refractivity contribution < 1.29 is 9.53 Å². The van der Waals surface area contributed by atoms with Gasteiger partial charge in [-0.2, -0.15) is 5.10 Å². The predicted molar refractivity (Wildman–Crippen MR) is 101 cm³/mol. The van der Waals surface area contributed by atoms with Gasteiger partial charge < -0.3 is 19.9 Å². The summed E-state index contributed by atoms with van der Waals surface area (Å²) in [5, 5.41) is 7.45. The lowest BCUT2D eigenvalue weighted by Crippen LogP contribution is -2.55. The Hall–Kier alpha value is -2.09. The van der Waals surface area contributed by atoms with Crippen molar-refractivity contribution in [3.05, 3.63) is 12.4 Å². The summed E-state index contributed by atoms with van der Waals surface area (Å²) in [6, 6.07) is 0. The van der Waals surface area contributed by atoms with Crippen LogP contribution in [-0.4, -0.2) is 72.5 Å². The lowest BCUT2D eigenvalue weighted by Gasteiger charge is -2.35. The van der Waals surface area contributed by atoms with E-state index in [9.17, 15) is 4.79 Å². The molecular formula is C18H30N6O2. The molecule has 1 saturated heterocycles. The molecule has 0 atom stereocenters. The van der Waals surface area contributed by atoms with Gasteiger partial charge in [-0.15, -0.1) is 0 Å². The van der Waals surface area contributed by atoms with E-state index in [2.05, 4.69) is 15.4 Å². The fourth-order valence-corrected chi connectivity index (χ4v) is 2.99. The summed E-state index contributed by atoms with van der Waals surface area (Å²) in [6.07, 6.45) is 7.15. The number of piperazine rings is 1. The number of carbonyl (C=O) groups is 1. The molecule has 2 aliphatic rings. The van der Waals surface area contributed by atoms with E-state index in [1.807, 2.05) is 25.1 Å². The number of amides is 1. The second-order valence-electron chi connectivity index (χ2n) is 6.95. The van der Waals surface area contributed by atoms with Crippen LogP contribution in [0.3, 0.4) is 0 Å². The molecule has 2 fully saturated rings. The Bertz CT molecular complexity index is 625. The van der Waals surface area contributed by atoms with E-state index in [1.165, 1.54) is 12.8 Å². The van der Waals surface area contributed by atoms with Crippen LogP contribution in [0.15, 0.2) is 17.4 Å². The van der Waals surface area contributed by atoms with Crippen LogP contribution >= 0.6 is 0 Å². The molecule has 26 heavy (non-hydrogen) atoms. The van der Waals surface area contributed by atoms with E-state index in [0.29, 0.717) is 19.6 Å². The first-order valence-electron chi connectivity index (χ1n) is 9.57. The molecule has 0 radical (unpaired) electrons. The van der Waals surface area contributed by atoms with Gasteiger partial charge in [0.15, 0.2) is 5.96 Å². The van der Waals surface area contributed by atoms with E-state index in [1.54, 1.807) is 15.8 Å². The Kier molecular flexibility index (Phi) is 6.49. The third kappa shape index (κ3) is 5.20. The standard InChI is InChI=1S/C18H30N6O2/c1-3-19-18(20-7-4-10-26-14-15-5-6-15)23-8-9-24(17(25)13-23)16-11-21-22(2)12-16/h11-12,15H,3-10,13-14H2,1-2H3,(H,19,20). The first kappa shape index (κ1) is 18.7. The van der Waals surface area contributed by atoms with Gasteiger partial charge in [0.2, 0.25) is 5.91 Å². The Morgan fingerprint density at radius 1 is 1.42 bits per heavy atom. The van der Waals surface area contributed by atoms with Crippen LogP contribution in [0, 0.1) is 5.92 Å². The lowest BCUT2D eigenvalue weighted by atomic mass is 10.3. The Morgan fingerprint density at radius 2 is 2.27 bits per heavy atom. The summed E-state index contributed by atoms with van der Waals surface area (Å²) in [6.45, 7) is 6.92. The number of ether oxygens (including phenoxy) is 1. The van der Waals surface area contributed by atoms with Crippen LogP contribution in [0.1, 0.15) is 26.2 Å². The van der Waals surface area contributed by atoms with Crippen LogP contribution in [0.5, 0.6) is 0 Å². The van der Waals surface area contributed by atoms with Gasteiger partial charge in [0.05, 0.1) is 11.9 Å². The SMILES string of the molecule is CCNC(=NCCCOCC1CC1)N1CCN(c2cnn(C)c2)C(=O)C1. The topological polar surface area (TPSA) is 75.0 Å². The van der Waals surface area contributed by atoms with E-state index in [0.717, 1.165) is 50.3 Å². The molecule has 0 bridgehead atoms. The number of carbonyl (C=O) groups excluding carboxylic acids is 1. The highest BCUT2D eigenvalue weighted by Crippen LogP contribution is 2.28. The van der Waals surface area contributed by atoms with Crippen LogP contribution in [0.2, 0.25) is 0 Å². The largest absolute Gasteiger partial charge is 0.381 e. The number of hydrogen-bond donors (Lipinski definition) is 1. The Morgan fingerprint density at radius 3 is 2.92 bits per heavy atom. The zero-order chi connectivity index (χ0) is 18.4. The monoisotopic (exact) mass is 362 g/mol. The number of hydrogen-bond acceptors (Lipinski definition) is 4. The molecule has 1 aliphatic carbocycles. The second-order valence-corrected chi connectivity index (χ2v) is 6.95. The zero-order valence-corrected chi connectivity index (χ0v) is 15.9. The maximum atomic E-state index is 12.6. The number of aliphatic imine (C=N–C) groups is 1. The van der Waals surface area contributed by atoms with Gasteiger partial charge in [0.1, 0.15) is 6.54 Å². The molecule has 8 nitrogen and oxygen atoms in total. The first-order valence-corrected chi connectivity index (χ1v) is 9.57. The maximum absolute atomic E-state index is 12.6. The number of nitrogens with one attached hydrogen (secondary N) is 1. The molecule has 1 saturated carbocycles. The summed E-state index contributed by atoms with van der Waals surface area (Å²) in [5.41, 5.74) is 0.854. The minimum Gasteiger partial charge on any atom is -0.381 e. The molecule has 1 aromatic rings. The average Bonchev–Trinajstić information content (AvgIpc) is 3.36. The normalized spacial score (nSPS) is 18.5. The van der Waals surface area contributed by atoms with E-state index < -0.39 is 0 Å². The number of anilines is 1. The maximum Gasteiger partial charge on any atom is 0.246 e. The predicted octanol–water partition coefficient (Wildman–Crippen LogP) is 0.851. The molecule has 0 spiro atoms. The first-order chi connectivity index (χ1) is 12.7. The van der Waals surface area contributed by atoms with Gasteiger partial charge >= 0.3 is 0 Å². The van der Waals surface area contributed by atoms with Gasteiger partial charge in [0, 0.05) is 52.6 Å². The Balaban J connectivity index is 1.48. The third-order valence-electron chi connectivity index (χ3n) is 4.62. The molecule has 0 aromatic carbocycles. The molecule has 1 N–H and O–H groups in total. The van der Waals surface area contributed by atoms with Crippen LogP contribution < -0.4 is 10.2 Å². The van der Waals surface area contributed by atoms with Crippen molar-refractivity contribution in [2.75, 3.05) is 50.8 Å². The fraction of sp³-hybridized carbons (Fsp3) is 0.722. The molecule has 2 heterocycles. The number of nitrogens with zero attached hydrogens (tertiary/aromatic N) is 5. The minimum atomic E-state index is 0.0719. The van der Waals surface area contributed by atoms with E-state index >= 15 is 0 Å². The van der Waals surface area contributed by atoms with Crippen molar-refractivity contribution in [2.24, 2.45) is 18.0 Å². The molecular weight excluding hydrogens is 332 g/mol. The van der Waals surface area contributed by atoms with Crippen molar-refractivity contribution in [3.63, 3.8) is 0 Å². The number of guanidine groups is 1. The summed E-state index contributed by atoms with van der Waals surface area (Å²) in [5.74, 6) is 1.69. The third-order valence-corrected chi connectivity index (χ3v) is 4.62. The molecule has 8 heteroatoms. The summed E-state index contributed by atoms with van der Waals surface area (Å²) in [4.78, 5) is 21.0. The molecule has 1 aliphatic heterocycles. The van der Waals surface area contributed by atoms with Gasteiger partial charge in [-0.3, -0.25) is 14.5 Å². The highest BCUT2D eigenvalue weighted by Gasteiger charge is 2.27. The average molecular weight is 362 g/mol. The molecule has 1 aromatic heterocycles. The zero-order valence-electron chi connectivity index (χ0n) is 15.9. The number of rotatable bonds is 8. The quantitative estimate of drug-likeness (QED) is 0.422. The van der Waals surface area contributed by atoms with Crippen molar-refractivity contribution in [1.29, 1.82) is 0 Å². The molecule has 1 amide bonds. The van der Waals surface area contributed by atoms with Crippen LogP contribution in [-0.2, 0) is 16.6 Å². The number of aryl methyl sites for hydroxylation is 1. The fourth-order valence-electron chi connectivity index (χ4n) is 2.99. The highest BCUT2D eigenvalue weighted by atomic mass is 16.5. The van der Waals surface area contributed by atoms with Crippen molar-refractivity contribution in [2.45, 2.75) is 26.2 Å². The smallest absolute Gasteiger partial charge is 0.246 e. The molecule has 0 unspecified atom stereocenters. The van der Waals surface area contributed by atoms with Crippen molar-refractivity contribution in [3.8, 4) is 0 Å². The van der Waals surface area contributed by atoms with E-state index in [4.69, 9.17) is 4.74 Å². The second kappa shape index (κ2) is 9.02. The molecule has 144 valence electrons. The van der Waals surface area contributed by atoms with Crippen LogP contribution in [0.25, 0.3) is 0 Å². The van der Waals surface area contributed by atoms with Gasteiger partial charge in [0.25, 0.3) is 0 Å². The lowest BCUT2D eigenvalue weighted by molar-refractivity contribution is -0.120.